The number of sulfonamides is 1. The Bertz CT molecular complexity index is 867. The average molecular weight is 408 g/mol. The van der Waals surface area contributed by atoms with E-state index in [0.717, 1.165) is 0 Å². The zero-order valence-electron chi connectivity index (χ0n) is 16.0. The first-order chi connectivity index (χ1) is 13.4. The van der Waals surface area contributed by atoms with Gasteiger partial charge in [-0.2, -0.15) is 0 Å². The summed E-state index contributed by atoms with van der Waals surface area (Å²) in [7, 11) is -0.570. The highest BCUT2D eigenvalue weighted by molar-refractivity contribution is 7.90. The van der Waals surface area contributed by atoms with E-state index in [1.807, 2.05) is 0 Å². The Morgan fingerprint density at radius 3 is 2.50 bits per heavy atom. The normalized spacial score (nSPS) is 22.1. The fourth-order valence-electron chi connectivity index (χ4n) is 2.31. The molecule has 0 spiro atoms. The van der Waals surface area contributed by atoms with Gasteiger partial charge in [0.2, 0.25) is 10.0 Å². The molecule has 0 fully saturated rings. The molecule has 0 radical (unpaired) electrons. The number of allylic oxidation sites excluding steroid dienone is 2. The summed E-state index contributed by atoms with van der Waals surface area (Å²) in [6.07, 6.45) is 7.18. The highest BCUT2D eigenvalue weighted by Gasteiger charge is 2.19. The molecule has 1 unspecified atom stereocenters. The van der Waals surface area contributed by atoms with Gasteiger partial charge in [-0.1, -0.05) is 24.3 Å². The second kappa shape index (κ2) is 9.93. The molecule has 0 amide bonds. The number of carbonyl (C=O) groups excluding carboxylic acids is 1. The number of nitrogens with one attached hydrogen (secondary N) is 1. The topological polar surface area (TPSA) is 103 Å². The number of benzene rings is 1. The smallest absolute Gasteiger partial charge is 0.338 e. The van der Waals surface area contributed by atoms with Crippen LogP contribution in [0.4, 0.5) is 0 Å². The number of amidine groups is 1. The summed E-state index contributed by atoms with van der Waals surface area (Å²) in [6.45, 7) is 1.71. The molecule has 1 heterocycles. The second-order valence-electron chi connectivity index (χ2n) is 5.94. The average Bonchev–Trinajstić information content (AvgIpc) is 2.74. The van der Waals surface area contributed by atoms with E-state index in [2.05, 4.69) is 9.71 Å². The van der Waals surface area contributed by atoms with Crippen molar-refractivity contribution < 1.29 is 27.4 Å². The van der Waals surface area contributed by atoms with Gasteiger partial charge in [-0.15, -0.1) is 0 Å². The van der Waals surface area contributed by atoms with Crippen LogP contribution in [0.3, 0.4) is 0 Å². The molecule has 0 aliphatic carbocycles. The zero-order valence-corrected chi connectivity index (χ0v) is 16.9. The van der Waals surface area contributed by atoms with Crippen LogP contribution in [-0.4, -0.2) is 52.8 Å². The van der Waals surface area contributed by atoms with Gasteiger partial charge < -0.3 is 14.2 Å². The zero-order chi connectivity index (χ0) is 20.6. The van der Waals surface area contributed by atoms with Crippen LogP contribution in [0.5, 0.6) is 11.5 Å². The van der Waals surface area contributed by atoms with Crippen LogP contribution in [0.25, 0.3) is 0 Å². The van der Waals surface area contributed by atoms with Crippen molar-refractivity contribution in [1.82, 2.24) is 4.72 Å². The van der Waals surface area contributed by atoms with Crippen LogP contribution in [0.1, 0.15) is 23.7 Å². The highest BCUT2D eigenvalue weighted by Crippen LogP contribution is 2.22. The molecule has 1 aromatic rings. The molecule has 0 saturated carbocycles. The maximum Gasteiger partial charge on any atom is 0.338 e. The van der Waals surface area contributed by atoms with Crippen molar-refractivity contribution in [3.63, 3.8) is 0 Å². The van der Waals surface area contributed by atoms with Crippen molar-refractivity contribution in [2.75, 3.05) is 27.4 Å². The van der Waals surface area contributed by atoms with Crippen LogP contribution >= 0.6 is 0 Å². The molecular weight excluding hydrogens is 384 g/mol. The van der Waals surface area contributed by atoms with Gasteiger partial charge in [-0.25, -0.2) is 13.2 Å². The SMILES string of the molecule is COc1cc(OC)cc(C(=O)OCCN=C2C/C=C\C=C/C(C)S(=O)(=O)N2)c1. The summed E-state index contributed by atoms with van der Waals surface area (Å²) >= 11 is 0. The molecule has 0 aromatic heterocycles. The van der Waals surface area contributed by atoms with Crippen LogP contribution in [-0.2, 0) is 14.8 Å². The lowest BCUT2D eigenvalue weighted by Gasteiger charge is -2.12. The quantitative estimate of drug-likeness (QED) is 0.571. The molecule has 8 nitrogen and oxygen atoms in total. The first kappa shape index (κ1) is 21.5. The van der Waals surface area contributed by atoms with Gasteiger partial charge in [-0.3, -0.25) is 9.71 Å². The van der Waals surface area contributed by atoms with Crippen molar-refractivity contribution >= 4 is 21.8 Å². The Hall–Kier alpha value is -2.81. The molecule has 0 saturated heterocycles. The van der Waals surface area contributed by atoms with E-state index >= 15 is 0 Å². The van der Waals surface area contributed by atoms with Crippen molar-refractivity contribution in [1.29, 1.82) is 0 Å². The first-order valence-corrected chi connectivity index (χ1v) is 10.2. The van der Waals surface area contributed by atoms with E-state index in [-0.39, 0.29) is 18.7 Å². The van der Waals surface area contributed by atoms with E-state index in [0.29, 0.717) is 23.8 Å². The molecule has 1 atom stereocenters. The van der Waals surface area contributed by atoms with E-state index < -0.39 is 21.2 Å². The summed E-state index contributed by atoms with van der Waals surface area (Å²) in [4.78, 5) is 16.4. The molecule has 9 heteroatoms. The third-order valence-corrected chi connectivity index (χ3v) is 5.56. The minimum absolute atomic E-state index is 0.00110. The maximum absolute atomic E-state index is 12.2. The Balaban J connectivity index is 1.98. The third kappa shape index (κ3) is 6.12. The molecule has 152 valence electrons. The molecular formula is C19H24N2O6S. The van der Waals surface area contributed by atoms with Crippen LogP contribution in [0.2, 0.25) is 0 Å². The van der Waals surface area contributed by atoms with E-state index in [4.69, 9.17) is 14.2 Å². The number of nitrogens with zero attached hydrogens (tertiary/aromatic N) is 1. The molecule has 0 bridgehead atoms. The summed E-state index contributed by atoms with van der Waals surface area (Å²) in [5.74, 6) is 0.693. The maximum atomic E-state index is 12.2. The molecule has 28 heavy (non-hydrogen) atoms. The third-order valence-electron chi connectivity index (χ3n) is 3.90. The number of ether oxygens (including phenoxy) is 3. The van der Waals surface area contributed by atoms with Gasteiger partial charge in [0, 0.05) is 12.5 Å². The van der Waals surface area contributed by atoms with Crippen LogP contribution < -0.4 is 14.2 Å². The van der Waals surface area contributed by atoms with E-state index in [9.17, 15) is 13.2 Å². The van der Waals surface area contributed by atoms with Gasteiger partial charge >= 0.3 is 5.97 Å². The highest BCUT2D eigenvalue weighted by atomic mass is 32.2. The molecule has 1 aliphatic rings. The van der Waals surface area contributed by atoms with Gasteiger partial charge in [0.1, 0.15) is 23.9 Å². The fourth-order valence-corrected chi connectivity index (χ4v) is 3.27. The summed E-state index contributed by atoms with van der Waals surface area (Å²) in [5.41, 5.74) is 0.287. The summed E-state index contributed by atoms with van der Waals surface area (Å²) < 4.78 is 42.3. The summed E-state index contributed by atoms with van der Waals surface area (Å²) in [5, 5.41) is -0.679. The first-order valence-electron chi connectivity index (χ1n) is 8.64. The lowest BCUT2D eigenvalue weighted by Crippen LogP contribution is -2.36. The van der Waals surface area contributed by atoms with E-state index in [1.165, 1.54) is 14.2 Å². The van der Waals surface area contributed by atoms with Gasteiger partial charge in [0.05, 0.1) is 31.6 Å². The Morgan fingerprint density at radius 1 is 1.18 bits per heavy atom. The van der Waals surface area contributed by atoms with Crippen LogP contribution in [0, 0.1) is 0 Å². The van der Waals surface area contributed by atoms with Gasteiger partial charge in [0.25, 0.3) is 0 Å². The van der Waals surface area contributed by atoms with Gasteiger partial charge in [0.15, 0.2) is 0 Å². The lowest BCUT2D eigenvalue weighted by atomic mass is 10.2. The number of aliphatic imine (C=N–C) groups is 1. The lowest BCUT2D eigenvalue weighted by molar-refractivity contribution is 0.0516. The summed E-state index contributed by atoms with van der Waals surface area (Å²) in [6, 6.07) is 4.74. The second-order valence-corrected chi connectivity index (χ2v) is 7.97. The predicted octanol–water partition coefficient (Wildman–Crippen LogP) is 2.08. The van der Waals surface area contributed by atoms with Gasteiger partial charge in [-0.05, 0) is 19.1 Å². The van der Waals surface area contributed by atoms with Crippen molar-refractivity contribution in [3.05, 3.63) is 48.1 Å². The van der Waals surface area contributed by atoms with Crippen molar-refractivity contribution in [3.8, 4) is 11.5 Å². The monoisotopic (exact) mass is 408 g/mol. The number of rotatable bonds is 6. The van der Waals surface area contributed by atoms with E-state index in [1.54, 1.807) is 49.4 Å². The largest absolute Gasteiger partial charge is 0.497 e. The predicted molar refractivity (Wildman–Crippen MR) is 107 cm³/mol. The molecule has 1 N–H and O–H groups in total. The number of hydrogen-bond donors (Lipinski definition) is 1. The molecule has 1 aromatic carbocycles. The molecule has 2 rings (SSSR count). The Morgan fingerprint density at radius 2 is 1.86 bits per heavy atom. The van der Waals surface area contributed by atoms with Crippen molar-refractivity contribution in [2.24, 2.45) is 4.99 Å². The number of esters is 1. The van der Waals surface area contributed by atoms with Crippen LogP contribution in [0.15, 0.2) is 47.5 Å². The molecule has 1 aliphatic heterocycles. The number of hydrogen-bond acceptors (Lipinski definition) is 7. The van der Waals surface area contributed by atoms with Crippen molar-refractivity contribution in [2.45, 2.75) is 18.6 Å². The minimum atomic E-state index is -3.55. The Kier molecular flexibility index (Phi) is 7.62. The Labute approximate surface area is 164 Å². The fraction of sp³-hybridized carbons (Fsp3) is 0.368. The number of methoxy groups -OCH3 is 2. The minimum Gasteiger partial charge on any atom is -0.497 e. The number of carbonyl (C=O) groups is 1. The standard InChI is InChI=1S/C19H24N2O6S/c1-14-7-5-4-6-8-18(21-28(14,23)24)20-9-10-27-19(22)15-11-16(25-2)13-17(12-15)26-3/h4-7,11-14H,8-10H2,1-3H3,(H,20,21)/b6-4-,7-5-.